The lowest BCUT2D eigenvalue weighted by Gasteiger charge is -2.39. The van der Waals surface area contributed by atoms with Crippen LogP contribution in [0.2, 0.25) is 0 Å². The normalized spacial score (nSPS) is 21.6. The SMILES string of the molecule is CCC1CN(C(C)(C)CCc2ccccc2)CCCN1. The van der Waals surface area contributed by atoms with Crippen LogP contribution in [0.4, 0.5) is 0 Å². The number of nitrogens with one attached hydrogen (secondary N) is 1. The van der Waals surface area contributed by atoms with Crippen molar-refractivity contribution in [3.05, 3.63) is 35.9 Å². The van der Waals surface area contributed by atoms with Crippen LogP contribution < -0.4 is 5.32 Å². The summed E-state index contributed by atoms with van der Waals surface area (Å²) in [6, 6.07) is 11.5. The molecule has 0 radical (unpaired) electrons. The highest BCUT2D eigenvalue weighted by molar-refractivity contribution is 5.15. The van der Waals surface area contributed by atoms with Gasteiger partial charge in [-0.2, -0.15) is 0 Å². The van der Waals surface area contributed by atoms with Crippen LogP contribution in [0.25, 0.3) is 0 Å². The van der Waals surface area contributed by atoms with Gasteiger partial charge in [0.15, 0.2) is 0 Å². The number of hydrogen-bond donors (Lipinski definition) is 1. The van der Waals surface area contributed by atoms with Crippen molar-refractivity contribution in [1.82, 2.24) is 10.2 Å². The summed E-state index contributed by atoms with van der Waals surface area (Å²) in [4.78, 5) is 2.70. The molecule has 0 saturated carbocycles. The van der Waals surface area contributed by atoms with Crippen LogP contribution in [0.3, 0.4) is 0 Å². The lowest BCUT2D eigenvalue weighted by Crippen LogP contribution is -2.48. The average molecular weight is 274 g/mol. The summed E-state index contributed by atoms with van der Waals surface area (Å²) in [7, 11) is 0. The van der Waals surface area contributed by atoms with Gasteiger partial charge in [-0.15, -0.1) is 0 Å². The molecule has 0 aliphatic carbocycles. The standard InChI is InChI=1S/C18H30N2/c1-4-17-15-20(14-8-13-19-17)18(2,3)12-11-16-9-6-5-7-10-16/h5-7,9-10,17,19H,4,8,11-15H2,1-3H3. The lowest BCUT2D eigenvalue weighted by atomic mass is 9.92. The second-order valence-corrected chi connectivity index (χ2v) is 6.66. The molecule has 2 nitrogen and oxygen atoms in total. The van der Waals surface area contributed by atoms with Crippen LogP contribution in [-0.2, 0) is 6.42 Å². The highest BCUT2D eigenvalue weighted by Gasteiger charge is 2.29. The van der Waals surface area contributed by atoms with E-state index in [-0.39, 0.29) is 5.54 Å². The molecule has 112 valence electrons. The van der Waals surface area contributed by atoms with Gasteiger partial charge in [0.05, 0.1) is 0 Å². The quantitative estimate of drug-likeness (QED) is 0.884. The topological polar surface area (TPSA) is 15.3 Å². The van der Waals surface area contributed by atoms with Crippen molar-refractivity contribution < 1.29 is 0 Å². The largest absolute Gasteiger partial charge is 0.313 e. The summed E-state index contributed by atoms with van der Waals surface area (Å²) in [5.74, 6) is 0. The molecule has 0 aromatic heterocycles. The van der Waals surface area contributed by atoms with E-state index in [0.717, 1.165) is 0 Å². The van der Waals surface area contributed by atoms with Crippen molar-refractivity contribution in [3.63, 3.8) is 0 Å². The molecule has 0 spiro atoms. The summed E-state index contributed by atoms with van der Waals surface area (Å²) in [6.45, 7) is 10.7. The maximum atomic E-state index is 3.67. The minimum atomic E-state index is 0.287. The van der Waals surface area contributed by atoms with Crippen LogP contribution in [0.1, 0.15) is 45.6 Å². The Hall–Kier alpha value is -0.860. The molecule has 1 saturated heterocycles. The fourth-order valence-electron chi connectivity index (χ4n) is 3.07. The summed E-state index contributed by atoms with van der Waals surface area (Å²) in [5, 5.41) is 3.67. The van der Waals surface area contributed by atoms with Crippen molar-refractivity contribution in [2.45, 2.75) is 58.0 Å². The fourth-order valence-corrected chi connectivity index (χ4v) is 3.07. The van der Waals surface area contributed by atoms with Gasteiger partial charge in [0.2, 0.25) is 0 Å². The molecule has 1 aromatic carbocycles. The molecule has 1 atom stereocenters. The first-order valence-corrected chi connectivity index (χ1v) is 8.14. The Morgan fingerprint density at radius 1 is 1.25 bits per heavy atom. The number of rotatable bonds is 5. The third-order valence-electron chi connectivity index (χ3n) is 4.70. The minimum absolute atomic E-state index is 0.287. The van der Waals surface area contributed by atoms with Crippen LogP contribution >= 0.6 is 0 Å². The van der Waals surface area contributed by atoms with Crippen LogP contribution in [0.15, 0.2) is 30.3 Å². The number of aryl methyl sites for hydroxylation is 1. The van der Waals surface area contributed by atoms with Gasteiger partial charge >= 0.3 is 0 Å². The Balaban J connectivity index is 1.94. The van der Waals surface area contributed by atoms with E-state index in [9.17, 15) is 0 Å². The third kappa shape index (κ3) is 4.32. The zero-order valence-electron chi connectivity index (χ0n) is 13.4. The number of benzene rings is 1. The second kappa shape index (κ2) is 7.24. The van der Waals surface area contributed by atoms with Crippen LogP contribution in [-0.4, -0.2) is 36.1 Å². The maximum absolute atomic E-state index is 3.67. The van der Waals surface area contributed by atoms with E-state index in [0.29, 0.717) is 6.04 Å². The molecule has 1 aromatic rings. The van der Waals surface area contributed by atoms with E-state index in [2.05, 4.69) is 61.3 Å². The molecule has 1 unspecified atom stereocenters. The molecule has 1 aliphatic rings. The summed E-state index contributed by atoms with van der Waals surface area (Å²) < 4.78 is 0. The van der Waals surface area contributed by atoms with Gasteiger partial charge < -0.3 is 5.32 Å². The van der Waals surface area contributed by atoms with Gasteiger partial charge in [0.1, 0.15) is 0 Å². The van der Waals surface area contributed by atoms with E-state index in [4.69, 9.17) is 0 Å². The lowest BCUT2D eigenvalue weighted by molar-refractivity contribution is 0.108. The summed E-state index contributed by atoms with van der Waals surface area (Å²) in [5.41, 5.74) is 1.75. The van der Waals surface area contributed by atoms with Crippen LogP contribution in [0.5, 0.6) is 0 Å². The Bertz CT molecular complexity index is 386. The molecular weight excluding hydrogens is 244 g/mol. The Morgan fingerprint density at radius 3 is 2.70 bits per heavy atom. The predicted molar refractivity (Wildman–Crippen MR) is 87.1 cm³/mol. The highest BCUT2D eigenvalue weighted by atomic mass is 15.2. The fraction of sp³-hybridized carbons (Fsp3) is 0.667. The average Bonchev–Trinajstić information content (AvgIpc) is 2.72. The molecule has 20 heavy (non-hydrogen) atoms. The molecule has 2 heteroatoms. The Kier molecular flexibility index (Phi) is 5.62. The van der Waals surface area contributed by atoms with Gasteiger partial charge in [-0.25, -0.2) is 0 Å². The van der Waals surface area contributed by atoms with E-state index in [1.54, 1.807) is 0 Å². The van der Waals surface area contributed by atoms with Crippen molar-refractivity contribution in [2.75, 3.05) is 19.6 Å². The van der Waals surface area contributed by atoms with Crippen molar-refractivity contribution in [3.8, 4) is 0 Å². The van der Waals surface area contributed by atoms with Crippen LogP contribution in [0, 0.1) is 0 Å². The van der Waals surface area contributed by atoms with Gasteiger partial charge in [-0.1, -0.05) is 37.3 Å². The first-order valence-electron chi connectivity index (χ1n) is 8.14. The molecule has 1 fully saturated rings. The first kappa shape index (κ1) is 15.5. The summed E-state index contributed by atoms with van der Waals surface area (Å²) in [6.07, 6.45) is 4.90. The summed E-state index contributed by atoms with van der Waals surface area (Å²) >= 11 is 0. The molecular formula is C18H30N2. The molecule has 0 bridgehead atoms. The van der Waals surface area contributed by atoms with E-state index in [1.165, 1.54) is 50.9 Å². The van der Waals surface area contributed by atoms with Gasteiger partial charge in [0, 0.05) is 18.1 Å². The Labute approximate surface area is 124 Å². The third-order valence-corrected chi connectivity index (χ3v) is 4.70. The van der Waals surface area contributed by atoms with E-state index >= 15 is 0 Å². The monoisotopic (exact) mass is 274 g/mol. The molecule has 2 rings (SSSR count). The first-order chi connectivity index (χ1) is 9.62. The van der Waals surface area contributed by atoms with Crippen molar-refractivity contribution in [1.29, 1.82) is 0 Å². The molecule has 1 N–H and O–H groups in total. The molecule has 1 heterocycles. The predicted octanol–water partition coefficient (Wildman–Crippen LogP) is 3.47. The minimum Gasteiger partial charge on any atom is -0.313 e. The molecule has 0 amide bonds. The Morgan fingerprint density at radius 2 is 2.00 bits per heavy atom. The highest BCUT2D eigenvalue weighted by Crippen LogP contribution is 2.23. The van der Waals surface area contributed by atoms with E-state index in [1.807, 2.05) is 0 Å². The maximum Gasteiger partial charge on any atom is 0.0192 e. The second-order valence-electron chi connectivity index (χ2n) is 6.66. The van der Waals surface area contributed by atoms with Gasteiger partial charge in [0.25, 0.3) is 0 Å². The van der Waals surface area contributed by atoms with Crippen molar-refractivity contribution >= 4 is 0 Å². The molecule has 1 aliphatic heterocycles. The van der Waals surface area contributed by atoms with Crippen molar-refractivity contribution in [2.24, 2.45) is 0 Å². The number of hydrogen-bond acceptors (Lipinski definition) is 2. The van der Waals surface area contributed by atoms with E-state index < -0.39 is 0 Å². The van der Waals surface area contributed by atoms with Gasteiger partial charge in [-0.05, 0) is 58.2 Å². The zero-order valence-corrected chi connectivity index (χ0v) is 13.4. The number of nitrogens with zero attached hydrogens (tertiary/aromatic N) is 1. The smallest absolute Gasteiger partial charge is 0.0192 e. The van der Waals surface area contributed by atoms with Gasteiger partial charge in [-0.3, -0.25) is 4.90 Å². The zero-order chi connectivity index (χ0) is 14.4.